The Kier molecular flexibility index (Phi) is 5.17. The second-order valence-corrected chi connectivity index (χ2v) is 6.56. The van der Waals surface area contributed by atoms with Gasteiger partial charge >= 0.3 is 0 Å². The number of pyridine rings is 3. The van der Waals surface area contributed by atoms with Crippen LogP contribution in [0.4, 0.5) is 0 Å². The van der Waals surface area contributed by atoms with E-state index in [2.05, 4.69) is 31.4 Å². The van der Waals surface area contributed by atoms with Crippen LogP contribution in [0.15, 0.2) is 95.8 Å². The molecule has 27 heavy (non-hydrogen) atoms. The molecule has 0 saturated heterocycles. The van der Waals surface area contributed by atoms with Crippen molar-refractivity contribution in [1.29, 1.82) is 0 Å². The number of fused-ring (bicyclic) bond motifs is 3. The molecule has 0 saturated carbocycles. The zero-order valence-corrected chi connectivity index (χ0v) is 15.1. The molecule has 1 N–H and O–H groups in total. The van der Waals surface area contributed by atoms with Crippen LogP contribution in [0.5, 0.6) is 0 Å². The van der Waals surface area contributed by atoms with Crippen molar-refractivity contribution in [2.45, 2.75) is 0 Å². The van der Waals surface area contributed by atoms with Crippen molar-refractivity contribution < 1.29 is 4.42 Å². The first-order chi connectivity index (χ1) is 13.4. The van der Waals surface area contributed by atoms with Gasteiger partial charge in [-0.05, 0) is 41.8 Å². The monoisotopic (exact) mass is 372 g/mol. The Morgan fingerprint density at radius 1 is 0.741 bits per heavy atom. The lowest BCUT2D eigenvalue weighted by molar-refractivity contribution is 0.615. The van der Waals surface area contributed by atoms with Gasteiger partial charge in [-0.2, -0.15) is 0 Å². The third-order valence-corrected chi connectivity index (χ3v) is 4.76. The molecule has 0 spiro atoms. The molecule has 6 heteroatoms. The summed E-state index contributed by atoms with van der Waals surface area (Å²) in [5.74, 6) is 0. The zero-order valence-electron chi connectivity index (χ0n) is 14.3. The number of hydrogen-bond donors (Lipinski definition) is 1. The Hall–Kier alpha value is -3.51. The Morgan fingerprint density at radius 2 is 1.52 bits per heavy atom. The van der Waals surface area contributed by atoms with Crippen molar-refractivity contribution in [3.05, 3.63) is 91.4 Å². The van der Waals surface area contributed by atoms with Crippen LogP contribution < -0.4 is 0 Å². The van der Waals surface area contributed by atoms with Crippen LogP contribution in [0, 0.1) is 0 Å². The van der Waals surface area contributed by atoms with E-state index in [1.165, 1.54) is 10.1 Å². The van der Waals surface area contributed by atoms with E-state index >= 15 is 0 Å². The summed E-state index contributed by atoms with van der Waals surface area (Å²) >= 11 is 1.75. The summed E-state index contributed by atoms with van der Waals surface area (Å²) in [4.78, 5) is 15.0. The van der Waals surface area contributed by atoms with Gasteiger partial charge < -0.3 is 9.40 Å². The molecule has 132 valence electrons. The number of furan rings is 1. The minimum atomic E-state index is 0.894. The molecule has 5 nitrogen and oxygen atoms in total. The second kappa shape index (κ2) is 8.25. The van der Waals surface area contributed by atoms with Crippen molar-refractivity contribution in [3.63, 3.8) is 0 Å². The highest BCUT2D eigenvalue weighted by atomic mass is 32.1. The lowest BCUT2D eigenvalue weighted by atomic mass is 10.3. The van der Waals surface area contributed by atoms with Crippen LogP contribution in [0.3, 0.4) is 0 Å². The number of aromatic amines is 1. The molecule has 6 aromatic rings. The Morgan fingerprint density at radius 3 is 2.33 bits per heavy atom. The van der Waals surface area contributed by atoms with Crippen LogP contribution in [-0.2, 0) is 0 Å². The molecule has 6 heterocycles. The van der Waals surface area contributed by atoms with Crippen molar-refractivity contribution in [2.75, 3.05) is 0 Å². The number of H-pyrrole nitrogens is 1. The second-order valence-electron chi connectivity index (χ2n) is 5.61. The minimum absolute atomic E-state index is 0.894. The lowest BCUT2D eigenvalue weighted by Gasteiger charge is -1.82. The third kappa shape index (κ3) is 4.19. The highest BCUT2D eigenvalue weighted by Gasteiger charge is 1.91. The van der Waals surface area contributed by atoms with Crippen LogP contribution in [-0.4, -0.2) is 19.9 Å². The summed E-state index contributed by atoms with van der Waals surface area (Å²) in [5, 5.41) is 5.53. The number of nitrogens with one attached hydrogen (secondary N) is 1. The van der Waals surface area contributed by atoms with Crippen molar-refractivity contribution in [2.24, 2.45) is 0 Å². The summed E-state index contributed by atoms with van der Waals surface area (Å²) in [6, 6.07) is 11.8. The molecular formula is C21H16N4OS. The van der Waals surface area contributed by atoms with E-state index in [1.807, 2.05) is 55.1 Å². The average Bonchev–Trinajstić information content (AvgIpc) is 3.48. The summed E-state index contributed by atoms with van der Waals surface area (Å²) < 4.78 is 6.39. The number of nitrogens with zero attached hydrogens (tertiary/aromatic N) is 3. The molecule has 0 aliphatic carbocycles. The van der Waals surface area contributed by atoms with Crippen molar-refractivity contribution in [3.8, 4) is 0 Å². The van der Waals surface area contributed by atoms with Gasteiger partial charge in [0.1, 0.15) is 5.58 Å². The van der Waals surface area contributed by atoms with E-state index < -0.39 is 0 Å². The maximum absolute atomic E-state index is 5.08. The fourth-order valence-electron chi connectivity index (χ4n) is 2.51. The van der Waals surface area contributed by atoms with Gasteiger partial charge in [0.05, 0.1) is 6.26 Å². The first kappa shape index (κ1) is 16.9. The van der Waals surface area contributed by atoms with Crippen LogP contribution in [0.2, 0.25) is 0 Å². The summed E-state index contributed by atoms with van der Waals surface area (Å²) in [6.07, 6.45) is 14.4. The first-order valence-electron chi connectivity index (χ1n) is 8.32. The lowest BCUT2D eigenvalue weighted by Crippen LogP contribution is -1.67. The topological polar surface area (TPSA) is 67.6 Å². The largest absolute Gasteiger partial charge is 0.464 e. The number of aromatic nitrogens is 4. The molecule has 0 amide bonds. The van der Waals surface area contributed by atoms with Crippen LogP contribution >= 0.6 is 11.3 Å². The van der Waals surface area contributed by atoms with Crippen molar-refractivity contribution >= 4 is 43.3 Å². The molecule has 0 aliphatic rings. The summed E-state index contributed by atoms with van der Waals surface area (Å²) in [7, 11) is 0. The smallest absolute Gasteiger partial charge is 0.136 e. The average molecular weight is 372 g/mol. The number of thiophene rings is 1. The van der Waals surface area contributed by atoms with Gasteiger partial charge in [-0.25, -0.2) is 0 Å². The fourth-order valence-corrected chi connectivity index (χ4v) is 3.26. The van der Waals surface area contributed by atoms with E-state index in [4.69, 9.17) is 4.42 Å². The van der Waals surface area contributed by atoms with E-state index in [-0.39, 0.29) is 0 Å². The summed E-state index contributed by atoms with van der Waals surface area (Å²) in [5.41, 5.74) is 2.04. The normalized spacial score (nSPS) is 10.2. The van der Waals surface area contributed by atoms with E-state index in [9.17, 15) is 0 Å². The van der Waals surface area contributed by atoms with E-state index in [0.29, 0.717) is 0 Å². The summed E-state index contributed by atoms with van der Waals surface area (Å²) in [6.45, 7) is 0. The SMILES string of the molecule is c1cc2[nH]ccc2cn1.c1cc2occc2cn1.c1cc2sccc2cn1. The molecule has 0 unspecified atom stereocenters. The standard InChI is InChI=1S/C7H6N2.C7H5NO.C7H5NS/c1-4-9-7-2-3-8-5-6(1)7;2*1-3-8-5-6-2-4-9-7(1)6/h1-5,9H;2*1-5H. The molecular weight excluding hydrogens is 356 g/mol. The van der Waals surface area contributed by atoms with Crippen LogP contribution in [0.1, 0.15) is 0 Å². The molecule has 0 aromatic carbocycles. The third-order valence-electron chi connectivity index (χ3n) is 3.86. The van der Waals surface area contributed by atoms with Gasteiger partial charge in [-0.1, -0.05) is 0 Å². The fraction of sp³-hybridized carbons (Fsp3) is 0. The highest BCUT2D eigenvalue weighted by molar-refractivity contribution is 7.17. The van der Waals surface area contributed by atoms with Gasteiger partial charge in [0.2, 0.25) is 0 Å². The minimum Gasteiger partial charge on any atom is -0.464 e. The maximum Gasteiger partial charge on any atom is 0.136 e. The molecule has 6 rings (SSSR count). The molecule has 6 aromatic heterocycles. The van der Waals surface area contributed by atoms with Gasteiger partial charge in [0, 0.05) is 69.8 Å². The van der Waals surface area contributed by atoms with Gasteiger partial charge in [-0.15, -0.1) is 11.3 Å². The molecule has 0 fully saturated rings. The van der Waals surface area contributed by atoms with Crippen molar-refractivity contribution in [1.82, 2.24) is 19.9 Å². The molecule has 0 radical (unpaired) electrons. The predicted octanol–water partition coefficient (Wildman–Crippen LogP) is 5.69. The Bertz CT molecular complexity index is 1010. The molecule has 0 aliphatic heterocycles. The zero-order chi connectivity index (χ0) is 18.3. The van der Waals surface area contributed by atoms with Crippen LogP contribution in [0.25, 0.3) is 32.0 Å². The number of rotatable bonds is 0. The molecule has 0 bridgehead atoms. The quantitative estimate of drug-likeness (QED) is 0.372. The highest BCUT2D eigenvalue weighted by Crippen LogP contribution is 2.17. The van der Waals surface area contributed by atoms with E-state index in [0.717, 1.165) is 21.9 Å². The Balaban J connectivity index is 0.0000001000. The van der Waals surface area contributed by atoms with Gasteiger partial charge in [-0.3, -0.25) is 15.0 Å². The molecule has 0 atom stereocenters. The van der Waals surface area contributed by atoms with E-state index in [1.54, 1.807) is 36.2 Å². The first-order valence-corrected chi connectivity index (χ1v) is 9.20. The Labute approximate surface area is 159 Å². The predicted molar refractivity (Wildman–Crippen MR) is 110 cm³/mol. The van der Waals surface area contributed by atoms with Gasteiger partial charge in [0.15, 0.2) is 0 Å². The van der Waals surface area contributed by atoms with Gasteiger partial charge in [0.25, 0.3) is 0 Å². The maximum atomic E-state index is 5.08. The number of hydrogen-bond acceptors (Lipinski definition) is 5.